The van der Waals surface area contributed by atoms with Gasteiger partial charge in [-0.2, -0.15) is 0 Å². The van der Waals surface area contributed by atoms with E-state index >= 15 is 0 Å². The van der Waals surface area contributed by atoms with E-state index in [1.165, 1.54) is 25.0 Å². The van der Waals surface area contributed by atoms with Crippen LogP contribution in [-0.2, 0) is 4.79 Å². The van der Waals surface area contributed by atoms with E-state index in [1.54, 1.807) is 24.3 Å². The lowest BCUT2D eigenvalue weighted by atomic mass is 10.2. The van der Waals surface area contributed by atoms with E-state index in [0.29, 0.717) is 0 Å². The van der Waals surface area contributed by atoms with Crippen molar-refractivity contribution < 1.29 is 9.18 Å². The molecule has 0 saturated carbocycles. The minimum atomic E-state index is -0.278. The minimum absolute atomic E-state index is 0.0289. The van der Waals surface area contributed by atoms with Crippen molar-refractivity contribution >= 4 is 12.0 Å². The average Bonchev–Trinajstić information content (AvgIpc) is 2.65. The largest absolute Gasteiger partial charge is 0.339 e. The molecule has 18 heavy (non-hydrogen) atoms. The van der Waals surface area contributed by atoms with Gasteiger partial charge in [-0.1, -0.05) is 25.0 Å². The summed E-state index contributed by atoms with van der Waals surface area (Å²) in [5.41, 5.74) is 0.721. The molecule has 1 fully saturated rings. The number of nitrogens with zero attached hydrogens (tertiary/aromatic N) is 1. The molecule has 0 aromatic heterocycles. The Morgan fingerprint density at radius 1 is 1.17 bits per heavy atom. The number of halogens is 1. The van der Waals surface area contributed by atoms with Crippen LogP contribution in [0.4, 0.5) is 4.39 Å². The maximum Gasteiger partial charge on any atom is 0.246 e. The fourth-order valence-electron chi connectivity index (χ4n) is 2.17. The first-order valence-electron chi connectivity index (χ1n) is 6.48. The first-order valence-corrected chi connectivity index (χ1v) is 6.48. The van der Waals surface area contributed by atoms with Crippen molar-refractivity contribution in [3.63, 3.8) is 0 Å². The van der Waals surface area contributed by atoms with Gasteiger partial charge in [0.15, 0.2) is 0 Å². The molecule has 1 aliphatic heterocycles. The molecular weight excluding hydrogens is 229 g/mol. The Bertz CT molecular complexity index is 434. The molecule has 2 nitrogen and oxygen atoms in total. The summed E-state index contributed by atoms with van der Waals surface area (Å²) in [6.07, 6.45) is 7.80. The van der Waals surface area contributed by atoms with Gasteiger partial charge in [-0.15, -0.1) is 0 Å². The van der Waals surface area contributed by atoms with Crippen molar-refractivity contribution in [2.45, 2.75) is 25.7 Å². The third kappa shape index (κ3) is 3.69. The van der Waals surface area contributed by atoms with Crippen molar-refractivity contribution in [3.05, 3.63) is 41.7 Å². The second-order valence-corrected chi connectivity index (χ2v) is 4.63. The summed E-state index contributed by atoms with van der Waals surface area (Å²) < 4.78 is 13.0. The van der Waals surface area contributed by atoms with Crippen molar-refractivity contribution in [2.75, 3.05) is 13.1 Å². The van der Waals surface area contributed by atoms with Crippen LogP contribution in [0, 0.1) is 5.82 Å². The fourth-order valence-corrected chi connectivity index (χ4v) is 2.17. The number of hydrogen-bond donors (Lipinski definition) is 0. The van der Waals surface area contributed by atoms with Gasteiger partial charge in [-0.05, 0) is 36.6 Å². The predicted molar refractivity (Wildman–Crippen MR) is 70.5 cm³/mol. The van der Waals surface area contributed by atoms with Crippen LogP contribution < -0.4 is 0 Å². The van der Waals surface area contributed by atoms with Crippen molar-refractivity contribution in [1.82, 2.24) is 4.90 Å². The molecule has 1 heterocycles. The number of amides is 1. The molecule has 2 rings (SSSR count). The third-order valence-electron chi connectivity index (χ3n) is 3.18. The third-order valence-corrected chi connectivity index (χ3v) is 3.18. The number of likely N-dealkylation sites (tertiary alicyclic amines) is 1. The Hall–Kier alpha value is -1.64. The van der Waals surface area contributed by atoms with Crippen LogP contribution in [0.3, 0.4) is 0 Å². The Balaban J connectivity index is 1.97. The molecule has 1 aromatic carbocycles. The number of carbonyl (C=O) groups is 1. The van der Waals surface area contributed by atoms with E-state index in [1.807, 2.05) is 4.90 Å². The molecule has 0 aliphatic carbocycles. The quantitative estimate of drug-likeness (QED) is 0.735. The Kier molecular flexibility index (Phi) is 4.51. The monoisotopic (exact) mass is 247 g/mol. The van der Waals surface area contributed by atoms with E-state index in [9.17, 15) is 9.18 Å². The molecule has 0 atom stereocenters. The predicted octanol–water partition coefficient (Wildman–Crippen LogP) is 3.24. The highest BCUT2D eigenvalue weighted by atomic mass is 19.1. The van der Waals surface area contributed by atoms with Crippen LogP contribution in [0.5, 0.6) is 0 Å². The molecule has 1 aromatic rings. The maximum atomic E-state index is 13.0. The molecule has 3 heteroatoms. The van der Waals surface area contributed by atoms with Gasteiger partial charge in [-0.3, -0.25) is 4.79 Å². The van der Waals surface area contributed by atoms with Gasteiger partial charge in [-0.25, -0.2) is 4.39 Å². The van der Waals surface area contributed by atoms with Gasteiger partial charge in [0, 0.05) is 19.2 Å². The Labute approximate surface area is 107 Å². The van der Waals surface area contributed by atoms with Gasteiger partial charge < -0.3 is 4.90 Å². The zero-order valence-corrected chi connectivity index (χ0v) is 10.4. The second kappa shape index (κ2) is 6.34. The zero-order valence-electron chi connectivity index (χ0n) is 10.4. The number of benzene rings is 1. The molecule has 1 saturated heterocycles. The maximum absolute atomic E-state index is 13.0. The average molecular weight is 247 g/mol. The highest BCUT2D eigenvalue weighted by molar-refractivity contribution is 5.91. The van der Waals surface area contributed by atoms with Gasteiger partial charge in [0.05, 0.1) is 0 Å². The summed E-state index contributed by atoms with van der Waals surface area (Å²) in [7, 11) is 0. The van der Waals surface area contributed by atoms with E-state index in [-0.39, 0.29) is 11.7 Å². The first-order chi connectivity index (χ1) is 8.75. The van der Waals surface area contributed by atoms with Crippen LogP contribution >= 0.6 is 0 Å². The molecule has 1 aliphatic rings. The summed E-state index contributed by atoms with van der Waals surface area (Å²) in [6, 6.07) is 6.25. The normalized spacial score (nSPS) is 16.8. The van der Waals surface area contributed by atoms with Crippen LogP contribution in [0.15, 0.2) is 30.3 Å². The Morgan fingerprint density at radius 2 is 1.89 bits per heavy atom. The van der Waals surface area contributed by atoms with Crippen molar-refractivity contribution in [3.8, 4) is 0 Å². The lowest BCUT2D eigenvalue weighted by molar-refractivity contribution is -0.125. The minimum Gasteiger partial charge on any atom is -0.339 e. The summed E-state index contributed by atoms with van der Waals surface area (Å²) in [6.45, 7) is 1.68. The zero-order chi connectivity index (χ0) is 12.8. The van der Waals surface area contributed by atoms with Gasteiger partial charge in [0.25, 0.3) is 0 Å². The first kappa shape index (κ1) is 12.8. The second-order valence-electron chi connectivity index (χ2n) is 4.63. The van der Waals surface area contributed by atoms with E-state index in [2.05, 4.69) is 0 Å². The number of hydrogen-bond acceptors (Lipinski definition) is 1. The summed E-state index contributed by atoms with van der Waals surface area (Å²) in [5.74, 6) is -0.250. The SMILES string of the molecule is O=C(/C=C/c1cccc(F)c1)N1CCCCCC1. The van der Waals surface area contributed by atoms with E-state index in [0.717, 1.165) is 31.5 Å². The lowest BCUT2D eigenvalue weighted by Gasteiger charge is -2.17. The fraction of sp³-hybridized carbons (Fsp3) is 0.400. The lowest BCUT2D eigenvalue weighted by Crippen LogP contribution is -2.30. The van der Waals surface area contributed by atoms with Gasteiger partial charge in [0.1, 0.15) is 5.82 Å². The van der Waals surface area contributed by atoms with E-state index in [4.69, 9.17) is 0 Å². The molecule has 1 amide bonds. The number of rotatable bonds is 2. The van der Waals surface area contributed by atoms with E-state index < -0.39 is 0 Å². The highest BCUT2D eigenvalue weighted by Crippen LogP contribution is 2.11. The van der Waals surface area contributed by atoms with Crippen LogP contribution in [0.25, 0.3) is 6.08 Å². The van der Waals surface area contributed by atoms with Crippen LogP contribution in [0.2, 0.25) is 0 Å². The molecule has 0 radical (unpaired) electrons. The standard InChI is InChI=1S/C15H18FNO/c16-14-7-5-6-13(12-14)8-9-15(18)17-10-3-1-2-4-11-17/h5-9,12H,1-4,10-11H2/b9-8+. The van der Waals surface area contributed by atoms with Gasteiger partial charge in [0.2, 0.25) is 5.91 Å². The molecule has 96 valence electrons. The van der Waals surface area contributed by atoms with Crippen LogP contribution in [-0.4, -0.2) is 23.9 Å². The molecular formula is C15H18FNO. The van der Waals surface area contributed by atoms with Crippen molar-refractivity contribution in [1.29, 1.82) is 0 Å². The molecule has 0 spiro atoms. The summed E-state index contributed by atoms with van der Waals surface area (Å²) in [4.78, 5) is 13.8. The van der Waals surface area contributed by atoms with Crippen molar-refractivity contribution in [2.24, 2.45) is 0 Å². The summed E-state index contributed by atoms with van der Waals surface area (Å²) >= 11 is 0. The molecule has 0 unspecified atom stereocenters. The molecule has 0 N–H and O–H groups in total. The smallest absolute Gasteiger partial charge is 0.246 e. The highest BCUT2D eigenvalue weighted by Gasteiger charge is 2.12. The topological polar surface area (TPSA) is 20.3 Å². The Morgan fingerprint density at radius 3 is 2.56 bits per heavy atom. The molecule has 0 bridgehead atoms. The number of carbonyl (C=O) groups excluding carboxylic acids is 1. The van der Waals surface area contributed by atoms with Crippen LogP contribution in [0.1, 0.15) is 31.2 Å². The van der Waals surface area contributed by atoms with Gasteiger partial charge >= 0.3 is 0 Å². The summed E-state index contributed by atoms with van der Waals surface area (Å²) in [5, 5.41) is 0.